The van der Waals surface area contributed by atoms with Crippen LogP contribution in [0.15, 0.2) is 18.3 Å². The van der Waals surface area contributed by atoms with Gasteiger partial charge >= 0.3 is 0 Å². The van der Waals surface area contributed by atoms with Crippen LogP contribution in [0, 0.1) is 0 Å². The fourth-order valence-corrected chi connectivity index (χ4v) is 0.567. The lowest BCUT2D eigenvalue weighted by Crippen LogP contribution is -1.89. The summed E-state index contributed by atoms with van der Waals surface area (Å²) in [5, 5.41) is 0. The number of aromatic nitrogens is 1. The van der Waals surface area contributed by atoms with E-state index in [4.69, 9.17) is 16.7 Å². The second-order valence-corrected chi connectivity index (χ2v) is 1.86. The summed E-state index contributed by atoms with van der Waals surface area (Å²) in [5.41, 5.74) is 4.45. The van der Waals surface area contributed by atoms with Crippen molar-refractivity contribution < 1.29 is 11.0 Å². The van der Waals surface area contributed by atoms with Crippen molar-refractivity contribution in [3.8, 4) is 0 Å². The highest BCUT2D eigenvalue weighted by atomic mass is 14.7. The molecule has 0 radical (unpaired) electrons. The molecule has 2 N–H and O–H groups in total. The van der Waals surface area contributed by atoms with Crippen molar-refractivity contribution in [2.75, 3.05) is 5.73 Å². The molecule has 2 nitrogen and oxygen atoms in total. The molecule has 0 atom stereocenters. The van der Waals surface area contributed by atoms with Crippen LogP contribution < -0.4 is 5.73 Å². The van der Waals surface area contributed by atoms with Crippen LogP contribution in [0.2, 0.25) is 0 Å². The minimum absolute atomic E-state index is 0.339. The third-order valence-corrected chi connectivity index (χ3v) is 1.09. The lowest BCUT2D eigenvalue weighted by atomic mass is 10.2. The summed E-state index contributed by atoms with van der Waals surface area (Å²) in [7, 11) is 0. The first-order valence-electron chi connectivity index (χ1n) is 6.74. The normalized spacial score (nSPS) is 42.0. The van der Waals surface area contributed by atoms with Crippen LogP contribution in [0.25, 0.3) is 0 Å². The molecule has 1 saturated carbocycles. The van der Waals surface area contributed by atoms with Gasteiger partial charge in [-0.25, -0.2) is 0 Å². The SMILES string of the molecule is [2H]c1nc(C2([2H])C([2H])([2H])C2([2H])[2H])c([2H])c([2H])c1N. The summed E-state index contributed by atoms with van der Waals surface area (Å²) in [6.07, 6.45) is -5.58. The van der Waals surface area contributed by atoms with Crippen LogP contribution >= 0.6 is 0 Å². The van der Waals surface area contributed by atoms with Gasteiger partial charge in [0.2, 0.25) is 0 Å². The van der Waals surface area contributed by atoms with Gasteiger partial charge in [0.15, 0.2) is 0 Å². The third kappa shape index (κ3) is 0.967. The van der Waals surface area contributed by atoms with Crippen molar-refractivity contribution in [3.63, 3.8) is 0 Å². The molecule has 1 heterocycles. The fraction of sp³-hybridized carbons (Fsp3) is 0.375. The first kappa shape index (κ1) is 1.76. The number of nitrogens with zero attached hydrogens (tertiary/aromatic N) is 1. The highest BCUT2D eigenvalue weighted by Crippen LogP contribution is 2.38. The zero-order chi connectivity index (χ0) is 14.1. The molecule has 0 bridgehead atoms. The molecular formula is C8H10N2. The molecule has 1 aliphatic carbocycles. The van der Waals surface area contributed by atoms with E-state index in [0.29, 0.717) is 0 Å². The first-order chi connectivity index (χ1) is 8.00. The molecule has 0 aliphatic heterocycles. The van der Waals surface area contributed by atoms with E-state index < -0.39 is 42.6 Å². The number of anilines is 1. The standard InChI is InChI=1S/C8H10N2/c9-7-3-4-8(10-5-7)6-1-2-6/h3-6H,1-2,9H2/i1D2,2D2,3D,4D,5D,6D. The first-order valence-corrected chi connectivity index (χ1v) is 2.74. The van der Waals surface area contributed by atoms with E-state index in [1.54, 1.807) is 0 Å². The molecule has 0 unspecified atom stereocenters. The fourth-order valence-electron chi connectivity index (χ4n) is 0.567. The number of pyridine rings is 1. The average Bonchev–Trinajstić information content (AvgIpc) is 2.59. The Balaban J connectivity index is 2.70. The predicted molar refractivity (Wildman–Crippen MR) is 40.6 cm³/mol. The van der Waals surface area contributed by atoms with Gasteiger partial charge in [-0.05, 0) is 24.8 Å². The van der Waals surface area contributed by atoms with Gasteiger partial charge in [0.05, 0.1) is 16.0 Å². The van der Waals surface area contributed by atoms with Crippen LogP contribution in [-0.4, -0.2) is 4.98 Å². The number of hydrogen-bond acceptors (Lipinski definition) is 2. The summed E-state index contributed by atoms with van der Waals surface area (Å²) in [6, 6.07) is -1.14. The Kier molecular flexibility index (Phi) is 0.346. The molecule has 0 aromatic carbocycles. The molecule has 52 valence electrons. The summed E-state index contributed by atoms with van der Waals surface area (Å²) in [6.45, 7) is 0. The molecule has 0 spiro atoms. The van der Waals surface area contributed by atoms with Gasteiger partial charge in [-0.15, -0.1) is 0 Å². The minimum atomic E-state index is -2.52. The molecular weight excluding hydrogens is 124 g/mol. The van der Waals surface area contributed by atoms with E-state index in [1.165, 1.54) is 0 Å². The van der Waals surface area contributed by atoms with Gasteiger partial charge < -0.3 is 5.73 Å². The van der Waals surface area contributed by atoms with Crippen LogP contribution in [0.5, 0.6) is 0 Å². The Morgan fingerprint density at radius 3 is 3.30 bits per heavy atom. The van der Waals surface area contributed by atoms with Crippen LogP contribution in [0.3, 0.4) is 0 Å². The molecule has 1 aliphatic rings. The quantitative estimate of drug-likeness (QED) is 0.646. The molecule has 1 fully saturated rings. The molecule has 0 amide bonds. The second-order valence-electron chi connectivity index (χ2n) is 1.86. The lowest BCUT2D eigenvalue weighted by Gasteiger charge is -1.95. The summed E-state index contributed by atoms with van der Waals surface area (Å²) >= 11 is 0. The highest BCUT2D eigenvalue weighted by molar-refractivity contribution is 5.35. The maximum Gasteiger partial charge on any atom is 0.0862 e. The number of nitrogens with two attached hydrogens (primary N) is 1. The molecule has 1 aromatic rings. The maximum absolute atomic E-state index is 7.85. The highest BCUT2D eigenvalue weighted by Gasteiger charge is 2.24. The lowest BCUT2D eigenvalue weighted by molar-refractivity contribution is 1.02. The second kappa shape index (κ2) is 1.97. The van der Waals surface area contributed by atoms with Gasteiger partial charge in [0.25, 0.3) is 0 Å². The summed E-state index contributed by atoms with van der Waals surface area (Å²) in [4.78, 5) is 3.52. The van der Waals surface area contributed by atoms with E-state index in [9.17, 15) is 0 Å². The number of rotatable bonds is 1. The summed E-state index contributed by atoms with van der Waals surface area (Å²) < 4.78 is 60.2. The van der Waals surface area contributed by atoms with Crippen LogP contribution in [0.4, 0.5) is 5.69 Å². The van der Waals surface area contributed by atoms with Crippen molar-refractivity contribution in [2.24, 2.45) is 0 Å². The Hall–Kier alpha value is -1.05. The molecule has 10 heavy (non-hydrogen) atoms. The maximum atomic E-state index is 7.85. The Bertz CT molecular complexity index is 526. The van der Waals surface area contributed by atoms with Crippen molar-refractivity contribution in [3.05, 3.63) is 24.0 Å². The zero-order valence-electron chi connectivity index (χ0n) is 13.0. The molecule has 0 saturated heterocycles. The van der Waals surface area contributed by atoms with E-state index >= 15 is 0 Å². The number of hydrogen-bond donors (Lipinski definition) is 1. The topological polar surface area (TPSA) is 38.9 Å². The van der Waals surface area contributed by atoms with Crippen molar-refractivity contribution in [1.82, 2.24) is 4.98 Å². The van der Waals surface area contributed by atoms with E-state index in [2.05, 4.69) is 4.98 Å². The number of nitrogen functional groups attached to an aromatic ring is 1. The Morgan fingerprint density at radius 2 is 2.60 bits per heavy atom. The van der Waals surface area contributed by atoms with Crippen molar-refractivity contribution in [1.29, 1.82) is 0 Å². The van der Waals surface area contributed by atoms with Crippen LogP contribution in [-0.2, 0) is 0 Å². The smallest absolute Gasteiger partial charge is 0.0862 e. The Labute approximate surface area is 71.3 Å². The van der Waals surface area contributed by atoms with E-state index in [0.717, 1.165) is 0 Å². The van der Waals surface area contributed by atoms with Gasteiger partial charge in [0.1, 0.15) is 0 Å². The summed E-state index contributed by atoms with van der Waals surface area (Å²) in [5.74, 6) is -2.38. The van der Waals surface area contributed by atoms with E-state index in [-0.39, 0.29) is 5.69 Å². The van der Waals surface area contributed by atoms with Gasteiger partial charge in [-0.3, -0.25) is 4.98 Å². The van der Waals surface area contributed by atoms with Gasteiger partial charge in [-0.2, -0.15) is 0 Å². The van der Waals surface area contributed by atoms with Gasteiger partial charge in [0, 0.05) is 18.4 Å². The average molecular weight is 142 g/mol. The Morgan fingerprint density at radius 1 is 1.80 bits per heavy atom. The monoisotopic (exact) mass is 142 g/mol. The zero-order valence-corrected chi connectivity index (χ0v) is 5.02. The van der Waals surface area contributed by atoms with E-state index in [1.807, 2.05) is 0 Å². The molecule has 2 heteroatoms. The van der Waals surface area contributed by atoms with Crippen LogP contribution in [0.1, 0.15) is 35.3 Å². The molecule has 2 rings (SSSR count). The third-order valence-electron chi connectivity index (χ3n) is 1.09. The van der Waals surface area contributed by atoms with Crippen molar-refractivity contribution in [2.45, 2.75) is 18.6 Å². The largest absolute Gasteiger partial charge is 0.397 e. The molecule has 1 aromatic heterocycles. The minimum Gasteiger partial charge on any atom is -0.397 e. The predicted octanol–water partition coefficient (Wildman–Crippen LogP) is 1.54. The van der Waals surface area contributed by atoms with Crippen molar-refractivity contribution >= 4 is 5.69 Å². The van der Waals surface area contributed by atoms with Gasteiger partial charge in [-0.1, -0.05) is 0 Å².